The van der Waals surface area contributed by atoms with E-state index < -0.39 is 15.9 Å². The number of anilines is 1. The molecular weight excluding hydrogens is 362 g/mol. The van der Waals surface area contributed by atoms with E-state index in [9.17, 15) is 13.2 Å². The number of carbonyl (C=O) groups is 1. The highest BCUT2D eigenvalue weighted by Gasteiger charge is 2.32. The lowest BCUT2D eigenvalue weighted by atomic mass is 10.2. The molecule has 3 rings (SSSR count). The zero-order valence-corrected chi connectivity index (χ0v) is 15.8. The van der Waals surface area contributed by atoms with Crippen molar-refractivity contribution in [3.05, 3.63) is 90.0 Å². The molecule has 0 saturated carbocycles. The molecular formula is C21H19NO4S. The van der Waals surface area contributed by atoms with Gasteiger partial charge >= 0.3 is 0 Å². The first kappa shape index (κ1) is 18.7. The Bertz CT molecular complexity index is 1050. The van der Waals surface area contributed by atoms with Crippen LogP contribution in [0.4, 0.5) is 5.69 Å². The lowest BCUT2D eigenvalue weighted by Crippen LogP contribution is -2.37. The smallest absolute Gasteiger partial charge is 0.272 e. The number of rotatable bonds is 5. The normalized spacial score (nSPS) is 11.0. The van der Waals surface area contributed by atoms with Crippen LogP contribution in [-0.4, -0.2) is 21.4 Å². The van der Waals surface area contributed by atoms with Gasteiger partial charge in [0.15, 0.2) is 0 Å². The Morgan fingerprint density at radius 1 is 0.852 bits per heavy atom. The van der Waals surface area contributed by atoms with Crippen LogP contribution in [0, 0.1) is 6.92 Å². The molecule has 5 nitrogen and oxygen atoms in total. The largest absolute Gasteiger partial charge is 0.497 e. The Kier molecular flexibility index (Phi) is 5.28. The second-order valence-corrected chi connectivity index (χ2v) is 7.66. The van der Waals surface area contributed by atoms with E-state index in [1.165, 1.54) is 13.2 Å². The maximum atomic E-state index is 13.4. The van der Waals surface area contributed by atoms with Crippen molar-refractivity contribution in [2.75, 3.05) is 11.4 Å². The zero-order valence-electron chi connectivity index (χ0n) is 15.0. The van der Waals surface area contributed by atoms with Crippen molar-refractivity contribution in [1.29, 1.82) is 0 Å². The van der Waals surface area contributed by atoms with Gasteiger partial charge in [-0.3, -0.25) is 4.79 Å². The molecule has 3 aromatic rings. The molecule has 0 radical (unpaired) electrons. The summed E-state index contributed by atoms with van der Waals surface area (Å²) in [6.45, 7) is 1.70. The summed E-state index contributed by atoms with van der Waals surface area (Å²) in [7, 11) is -2.59. The summed E-state index contributed by atoms with van der Waals surface area (Å²) in [5.74, 6) is -0.0526. The molecule has 27 heavy (non-hydrogen) atoms. The number of carbonyl (C=O) groups excluding carboxylic acids is 1. The lowest BCUT2D eigenvalue weighted by molar-refractivity contribution is 0.101. The first-order valence-electron chi connectivity index (χ1n) is 8.29. The molecule has 0 aliphatic heterocycles. The van der Waals surface area contributed by atoms with E-state index in [1.54, 1.807) is 79.7 Å². The Hall–Kier alpha value is -3.12. The van der Waals surface area contributed by atoms with Gasteiger partial charge in [0.25, 0.3) is 15.9 Å². The van der Waals surface area contributed by atoms with Crippen LogP contribution in [0.5, 0.6) is 5.75 Å². The van der Waals surface area contributed by atoms with Crippen LogP contribution in [-0.2, 0) is 10.0 Å². The molecule has 0 spiro atoms. The van der Waals surface area contributed by atoms with E-state index >= 15 is 0 Å². The Morgan fingerprint density at radius 2 is 1.44 bits per heavy atom. The Balaban J connectivity index is 2.18. The van der Waals surface area contributed by atoms with Gasteiger partial charge in [0, 0.05) is 5.56 Å². The maximum absolute atomic E-state index is 13.4. The molecule has 3 aromatic carbocycles. The molecule has 0 N–H and O–H groups in total. The standard InChI is InChI=1S/C21H19NO4S/c1-16-8-6-7-11-20(16)27(24,25)22(18-12-14-19(26-2)15-13-18)21(23)17-9-4-3-5-10-17/h3-15H,1-2H3. The Morgan fingerprint density at radius 3 is 2.04 bits per heavy atom. The molecule has 1 amide bonds. The molecule has 0 bridgehead atoms. The highest BCUT2D eigenvalue weighted by Crippen LogP contribution is 2.29. The summed E-state index contributed by atoms with van der Waals surface area (Å²) >= 11 is 0. The van der Waals surface area contributed by atoms with E-state index in [4.69, 9.17) is 4.74 Å². The number of hydrogen-bond donors (Lipinski definition) is 0. The summed E-state index contributed by atoms with van der Waals surface area (Å²) in [5.41, 5.74) is 1.09. The number of benzene rings is 3. The number of amides is 1. The van der Waals surface area contributed by atoms with Crippen molar-refractivity contribution in [1.82, 2.24) is 0 Å². The molecule has 0 aromatic heterocycles. The third kappa shape index (κ3) is 3.71. The summed E-state index contributed by atoms with van der Waals surface area (Å²) < 4.78 is 32.8. The van der Waals surface area contributed by atoms with Crippen molar-refractivity contribution in [3.8, 4) is 5.75 Å². The minimum absolute atomic E-state index is 0.0881. The first-order chi connectivity index (χ1) is 12.9. The van der Waals surface area contributed by atoms with Gasteiger partial charge in [0.05, 0.1) is 17.7 Å². The molecule has 0 saturated heterocycles. The van der Waals surface area contributed by atoms with Crippen LogP contribution >= 0.6 is 0 Å². The van der Waals surface area contributed by atoms with Gasteiger partial charge in [-0.1, -0.05) is 36.4 Å². The van der Waals surface area contributed by atoms with E-state index in [-0.39, 0.29) is 16.1 Å². The van der Waals surface area contributed by atoms with Crippen LogP contribution in [0.15, 0.2) is 83.8 Å². The number of methoxy groups -OCH3 is 1. The first-order valence-corrected chi connectivity index (χ1v) is 9.73. The minimum atomic E-state index is -4.11. The maximum Gasteiger partial charge on any atom is 0.272 e. The number of nitrogens with zero attached hydrogens (tertiary/aromatic N) is 1. The number of ether oxygens (including phenoxy) is 1. The quantitative estimate of drug-likeness (QED) is 0.669. The molecule has 6 heteroatoms. The lowest BCUT2D eigenvalue weighted by Gasteiger charge is -2.23. The highest BCUT2D eigenvalue weighted by atomic mass is 32.2. The summed E-state index contributed by atoms with van der Waals surface area (Å²) in [6, 6.07) is 21.3. The average molecular weight is 381 g/mol. The van der Waals surface area contributed by atoms with E-state index in [0.29, 0.717) is 11.3 Å². The second-order valence-electron chi connectivity index (χ2n) is 5.90. The van der Waals surface area contributed by atoms with Gasteiger partial charge in [-0.2, -0.15) is 4.31 Å². The second kappa shape index (κ2) is 7.63. The summed E-state index contributed by atoms with van der Waals surface area (Å²) in [6.07, 6.45) is 0. The minimum Gasteiger partial charge on any atom is -0.497 e. The highest BCUT2D eigenvalue weighted by molar-refractivity contribution is 7.93. The molecule has 0 unspecified atom stereocenters. The predicted molar refractivity (Wildman–Crippen MR) is 105 cm³/mol. The third-order valence-corrected chi connectivity index (χ3v) is 6.00. The van der Waals surface area contributed by atoms with Gasteiger partial charge in [-0.25, -0.2) is 8.42 Å². The van der Waals surface area contributed by atoms with Crippen LogP contribution in [0.3, 0.4) is 0 Å². The topological polar surface area (TPSA) is 63.7 Å². The fourth-order valence-corrected chi connectivity index (χ4v) is 4.37. The number of aryl methyl sites for hydroxylation is 1. The fraction of sp³-hybridized carbons (Fsp3) is 0.0952. The van der Waals surface area contributed by atoms with E-state index in [2.05, 4.69) is 0 Å². The van der Waals surface area contributed by atoms with Crippen LogP contribution in [0.2, 0.25) is 0 Å². The molecule has 0 aliphatic carbocycles. The van der Waals surface area contributed by atoms with Crippen LogP contribution in [0.25, 0.3) is 0 Å². The van der Waals surface area contributed by atoms with Crippen molar-refractivity contribution in [3.63, 3.8) is 0 Å². The van der Waals surface area contributed by atoms with Crippen molar-refractivity contribution >= 4 is 21.6 Å². The van der Waals surface area contributed by atoms with Crippen LogP contribution in [0.1, 0.15) is 15.9 Å². The van der Waals surface area contributed by atoms with Crippen molar-refractivity contribution in [2.24, 2.45) is 0 Å². The van der Waals surface area contributed by atoms with E-state index in [0.717, 1.165) is 4.31 Å². The average Bonchev–Trinajstić information content (AvgIpc) is 2.69. The van der Waals surface area contributed by atoms with Gasteiger partial charge in [-0.15, -0.1) is 0 Å². The molecule has 0 aliphatic rings. The summed E-state index contributed by atoms with van der Waals surface area (Å²) in [4.78, 5) is 13.2. The zero-order chi connectivity index (χ0) is 19.4. The number of hydrogen-bond acceptors (Lipinski definition) is 4. The molecule has 138 valence electrons. The van der Waals surface area contributed by atoms with Gasteiger partial charge in [0.1, 0.15) is 5.75 Å². The number of sulfonamides is 1. The SMILES string of the molecule is COc1ccc(N(C(=O)c2ccccc2)S(=O)(=O)c2ccccc2C)cc1. The van der Waals surface area contributed by atoms with Crippen molar-refractivity contribution in [2.45, 2.75) is 11.8 Å². The molecule has 0 heterocycles. The van der Waals surface area contributed by atoms with Gasteiger partial charge in [0.2, 0.25) is 0 Å². The predicted octanol–water partition coefficient (Wildman–Crippen LogP) is 4.04. The Labute approximate surface area is 158 Å². The fourth-order valence-electron chi connectivity index (χ4n) is 2.72. The van der Waals surface area contributed by atoms with E-state index in [1.807, 2.05) is 0 Å². The third-order valence-electron chi connectivity index (χ3n) is 4.12. The van der Waals surface area contributed by atoms with Gasteiger partial charge < -0.3 is 4.74 Å². The molecule has 0 atom stereocenters. The summed E-state index contributed by atoms with van der Waals surface area (Å²) in [5, 5.41) is 0. The van der Waals surface area contributed by atoms with Crippen molar-refractivity contribution < 1.29 is 17.9 Å². The van der Waals surface area contributed by atoms with Gasteiger partial charge in [-0.05, 0) is 55.0 Å². The van der Waals surface area contributed by atoms with Crippen LogP contribution < -0.4 is 9.04 Å². The molecule has 0 fully saturated rings. The monoisotopic (exact) mass is 381 g/mol.